The van der Waals surface area contributed by atoms with E-state index in [1.807, 2.05) is 12.1 Å². The van der Waals surface area contributed by atoms with E-state index >= 15 is 0 Å². The van der Waals surface area contributed by atoms with Gasteiger partial charge in [0.1, 0.15) is 11.6 Å². The van der Waals surface area contributed by atoms with Crippen molar-refractivity contribution < 1.29 is 8.42 Å². The van der Waals surface area contributed by atoms with E-state index < -0.39 is 10.0 Å². The first-order chi connectivity index (χ1) is 13.6. The number of piperidine rings is 1. The molecule has 0 atom stereocenters. The topological polar surface area (TPSA) is 68.1 Å². The van der Waals surface area contributed by atoms with E-state index in [1.54, 1.807) is 10.4 Å². The molecule has 0 amide bonds. The Kier molecular flexibility index (Phi) is 4.75. The minimum Gasteiger partial charge on any atom is -0.315 e. The number of nitrogens with zero attached hydrogens (tertiary/aromatic N) is 4. The van der Waals surface area contributed by atoms with Crippen LogP contribution in [0.1, 0.15) is 67.2 Å². The van der Waals surface area contributed by atoms with Crippen molar-refractivity contribution in [3.63, 3.8) is 0 Å². The fraction of sp³-hybridized carbons (Fsp3) is 0.619. The largest absolute Gasteiger partial charge is 0.315 e. The molecule has 150 valence electrons. The summed E-state index contributed by atoms with van der Waals surface area (Å²) in [6.45, 7) is 2.13. The molecular formula is C21H28N4O2S. The normalized spacial score (nSPS) is 21.3. The van der Waals surface area contributed by atoms with Crippen LogP contribution in [0.5, 0.6) is 0 Å². The molecule has 0 radical (unpaired) electrons. The third-order valence-electron chi connectivity index (χ3n) is 6.66. The molecule has 1 saturated heterocycles. The molecule has 6 nitrogen and oxygen atoms in total. The van der Waals surface area contributed by atoms with Gasteiger partial charge in [-0.05, 0) is 68.2 Å². The van der Waals surface area contributed by atoms with Gasteiger partial charge in [0.2, 0.25) is 10.0 Å². The third-order valence-corrected chi connectivity index (χ3v) is 8.56. The van der Waals surface area contributed by atoms with Gasteiger partial charge < -0.3 is 4.57 Å². The number of hydrogen-bond donors (Lipinski definition) is 0. The zero-order valence-corrected chi connectivity index (χ0v) is 17.1. The maximum atomic E-state index is 13.2. The van der Waals surface area contributed by atoms with Gasteiger partial charge in [0.05, 0.1) is 4.90 Å². The second-order valence-corrected chi connectivity index (χ2v) is 10.3. The molecule has 2 aliphatic heterocycles. The van der Waals surface area contributed by atoms with Crippen LogP contribution >= 0.6 is 0 Å². The Hall–Kier alpha value is -1.73. The summed E-state index contributed by atoms with van der Waals surface area (Å²) in [5.74, 6) is 2.50. The molecule has 2 aromatic rings. The summed E-state index contributed by atoms with van der Waals surface area (Å²) in [5, 5.41) is 8.91. The molecule has 0 bridgehead atoms. The predicted octanol–water partition coefficient (Wildman–Crippen LogP) is 3.06. The van der Waals surface area contributed by atoms with Gasteiger partial charge in [-0.2, -0.15) is 4.31 Å². The highest BCUT2D eigenvalue weighted by Crippen LogP contribution is 2.32. The Morgan fingerprint density at radius 1 is 0.857 bits per heavy atom. The molecule has 0 N–H and O–H groups in total. The third kappa shape index (κ3) is 3.18. The smallest absolute Gasteiger partial charge is 0.243 e. The number of aryl methyl sites for hydroxylation is 3. The van der Waals surface area contributed by atoms with Crippen LogP contribution in [0.15, 0.2) is 23.1 Å². The summed E-state index contributed by atoms with van der Waals surface area (Å²) in [5.41, 5.74) is 2.52. The number of sulfonamides is 1. The van der Waals surface area contributed by atoms with E-state index in [9.17, 15) is 8.42 Å². The highest BCUT2D eigenvalue weighted by Gasteiger charge is 2.33. The fourth-order valence-electron chi connectivity index (χ4n) is 5.02. The van der Waals surface area contributed by atoms with Gasteiger partial charge in [-0.1, -0.05) is 12.5 Å². The van der Waals surface area contributed by atoms with Gasteiger partial charge in [0, 0.05) is 32.0 Å². The van der Waals surface area contributed by atoms with Crippen LogP contribution in [-0.2, 0) is 35.8 Å². The van der Waals surface area contributed by atoms with Gasteiger partial charge in [-0.3, -0.25) is 0 Å². The molecule has 7 heteroatoms. The predicted molar refractivity (Wildman–Crippen MR) is 107 cm³/mol. The summed E-state index contributed by atoms with van der Waals surface area (Å²) >= 11 is 0. The van der Waals surface area contributed by atoms with Crippen molar-refractivity contribution in [1.29, 1.82) is 0 Å². The van der Waals surface area contributed by atoms with Crippen LogP contribution in [-0.4, -0.2) is 40.6 Å². The molecule has 1 aromatic heterocycles. The Morgan fingerprint density at radius 3 is 2.54 bits per heavy atom. The first kappa shape index (κ1) is 18.3. The molecule has 5 rings (SSSR count). The van der Waals surface area contributed by atoms with E-state index in [0.717, 1.165) is 56.7 Å². The summed E-state index contributed by atoms with van der Waals surface area (Å²) in [7, 11) is -3.41. The summed E-state index contributed by atoms with van der Waals surface area (Å²) in [6, 6.07) is 5.71. The molecule has 1 aliphatic carbocycles. The molecule has 28 heavy (non-hydrogen) atoms. The Morgan fingerprint density at radius 2 is 1.68 bits per heavy atom. The van der Waals surface area contributed by atoms with Crippen molar-refractivity contribution in [3.8, 4) is 0 Å². The highest BCUT2D eigenvalue weighted by molar-refractivity contribution is 7.89. The molecule has 0 unspecified atom stereocenters. The lowest BCUT2D eigenvalue weighted by molar-refractivity contribution is 0.308. The lowest BCUT2D eigenvalue weighted by Crippen LogP contribution is -2.38. The van der Waals surface area contributed by atoms with E-state index in [1.165, 1.54) is 30.4 Å². The molecule has 1 fully saturated rings. The number of hydrogen-bond acceptors (Lipinski definition) is 4. The maximum absolute atomic E-state index is 13.2. The van der Waals surface area contributed by atoms with E-state index in [4.69, 9.17) is 0 Å². The lowest BCUT2D eigenvalue weighted by Gasteiger charge is -2.31. The molecule has 3 heterocycles. The first-order valence-corrected chi connectivity index (χ1v) is 12.1. The number of rotatable bonds is 3. The Bertz CT molecular complexity index is 974. The number of benzene rings is 1. The molecule has 0 saturated carbocycles. The first-order valence-electron chi connectivity index (χ1n) is 10.7. The minimum atomic E-state index is -3.41. The van der Waals surface area contributed by atoms with Gasteiger partial charge in [0.15, 0.2) is 0 Å². The number of fused-ring (bicyclic) bond motifs is 2. The van der Waals surface area contributed by atoms with Gasteiger partial charge in [-0.15, -0.1) is 10.2 Å². The monoisotopic (exact) mass is 400 g/mol. The lowest BCUT2D eigenvalue weighted by atomic mass is 9.97. The molecule has 1 aromatic carbocycles. The number of aromatic nitrogens is 3. The van der Waals surface area contributed by atoms with Crippen molar-refractivity contribution in [2.24, 2.45) is 0 Å². The van der Waals surface area contributed by atoms with Crippen molar-refractivity contribution in [1.82, 2.24) is 19.1 Å². The zero-order chi connectivity index (χ0) is 19.1. The zero-order valence-electron chi connectivity index (χ0n) is 16.3. The van der Waals surface area contributed by atoms with Crippen molar-refractivity contribution in [2.75, 3.05) is 13.1 Å². The highest BCUT2D eigenvalue weighted by atomic mass is 32.2. The summed E-state index contributed by atoms with van der Waals surface area (Å²) in [6.07, 6.45) is 9.48. The van der Waals surface area contributed by atoms with Crippen LogP contribution in [0, 0.1) is 0 Å². The summed E-state index contributed by atoms with van der Waals surface area (Å²) < 4.78 is 30.3. The Labute approximate surface area is 167 Å². The average Bonchev–Trinajstić information content (AvgIpc) is 3.28. The van der Waals surface area contributed by atoms with Gasteiger partial charge >= 0.3 is 0 Å². The quantitative estimate of drug-likeness (QED) is 0.794. The van der Waals surface area contributed by atoms with E-state index in [0.29, 0.717) is 23.9 Å². The van der Waals surface area contributed by atoms with Crippen molar-refractivity contribution in [3.05, 3.63) is 41.0 Å². The van der Waals surface area contributed by atoms with Crippen LogP contribution < -0.4 is 0 Å². The second kappa shape index (κ2) is 7.26. The second-order valence-electron chi connectivity index (χ2n) is 8.40. The van der Waals surface area contributed by atoms with Crippen LogP contribution in [0.4, 0.5) is 0 Å². The SMILES string of the molecule is O=S(=O)(c1ccc2c(c1)CCC2)N1CCC(c2nnc3n2CCCCC3)CC1. The van der Waals surface area contributed by atoms with Crippen LogP contribution in [0.25, 0.3) is 0 Å². The van der Waals surface area contributed by atoms with Crippen molar-refractivity contribution in [2.45, 2.75) is 75.1 Å². The van der Waals surface area contributed by atoms with E-state index in [2.05, 4.69) is 14.8 Å². The summed E-state index contributed by atoms with van der Waals surface area (Å²) in [4.78, 5) is 0.461. The van der Waals surface area contributed by atoms with Gasteiger partial charge in [-0.25, -0.2) is 8.42 Å². The average molecular weight is 401 g/mol. The molecule has 0 spiro atoms. The van der Waals surface area contributed by atoms with E-state index in [-0.39, 0.29) is 0 Å². The molecular weight excluding hydrogens is 372 g/mol. The van der Waals surface area contributed by atoms with Crippen molar-refractivity contribution >= 4 is 10.0 Å². The van der Waals surface area contributed by atoms with Gasteiger partial charge in [0.25, 0.3) is 0 Å². The fourth-order valence-corrected chi connectivity index (χ4v) is 6.54. The van der Waals surface area contributed by atoms with Crippen LogP contribution in [0.3, 0.4) is 0 Å². The molecule has 3 aliphatic rings. The van der Waals surface area contributed by atoms with Crippen LogP contribution in [0.2, 0.25) is 0 Å². The minimum absolute atomic E-state index is 0.311. The maximum Gasteiger partial charge on any atom is 0.243 e. The Balaban J connectivity index is 1.31. The standard InChI is InChI=1S/C21H28N4O2S/c26-28(27,19-9-8-16-5-4-6-18(16)15-19)24-13-10-17(11-14-24)21-23-22-20-7-2-1-3-12-25(20)21/h8-9,15,17H,1-7,10-14H2.